The molecular formula is C26H28N4O5S. The number of nitrogens with zero attached hydrogens (tertiary/aromatic N) is 4. The Bertz CT molecular complexity index is 1390. The molecule has 1 aromatic heterocycles. The number of anilines is 1. The van der Waals surface area contributed by atoms with Gasteiger partial charge in [-0.05, 0) is 50.2 Å². The largest absolute Gasteiger partial charge is 0.368 e. The summed E-state index contributed by atoms with van der Waals surface area (Å²) in [6.07, 6.45) is 0.366. The Morgan fingerprint density at radius 1 is 0.917 bits per heavy atom. The predicted octanol–water partition coefficient (Wildman–Crippen LogP) is 2.90. The number of fused-ring (bicyclic) bond motifs is 1. The number of aromatic nitrogens is 1. The number of hydrogen-bond acceptors (Lipinski definition) is 7. The molecule has 0 aliphatic carbocycles. The molecule has 0 spiro atoms. The molecule has 2 aromatic carbocycles. The molecular weight excluding hydrogens is 480 g/mol. The SMILES string of the molecule is CC(=O)c1ccc(N2CCN(C(=O)c3noc4c3CN(S(=O)(=O)c3ccc(C)cc3)CC4)CC2)cc1. The quantitative estimate of drug-likeness (QED) is 0.488. The van der Waals surface area contributed by atoms with E-state index < -0.39 is 10.0 Å². The number of hydrogen-bond donors (Lipinski definition) is 0. The zero-order valence-corrected chi connectivity index (χ0v) is 21.1. The topological polar surface area (TPSA) is 104 Å². The van der Waals surface area contributed by atoms with E-state index >= 15 is 0 Å². The maximum absolute atomic E-state index is 13.3. The molecule has 5 rings (SSSR count). The van der Waals surface area contributed by atoms with E-state index in [-0.39, 0.29) is 35.4 Å². The molecule has 1 amide bonds. The number of carbonyl (C=O) groups is 2. The van der Waals surface area contributed by atoms with Crippen molar-refractivity contribution in [3.05, 3.63) is 76.7 Å². The van der Waals surface area contributed by atoms with Crippen molar-refractivity contribution in [1.82, 2.24) is 14.4 Å². The van der Waals surface area contributed by atoms with Gasteiger partial charge in [-0.25, -0.2) is 8.42 Å². The van der Waals surface area contributed by atoms with Gasteiger partial charge in [0.2, 0.25) is 10.0 Å². The smallest absolute Gasteiger partial charge is 0.276 e. The van der Waals surface area contributed by atoms with Crippen molar-refractivity contribution in [1.29, 1.82) is 0 Å². The fourth-order valence-corrected chi connectivity index (χ4v) is 6.05. The molecule has 1 fully saturated rings. The summed E-state index contributed by atoms with van der Waals surface area (Å²) in [5.74, 6) is 0.345. The number of ketones is 1. The summed E-state index contributed by atoms with van der Waals surface area (Å²) < 4.78 is 33.2. The molecule has 2 aliphatic heterocycles. The third kappa shape index (κ3) is 4.54. The minimum atomic E-state index is -3.70. The van der Waals surface area contributed by atoms with Gasteiger partial charge in [0.15, 0.2) is 11.5 Å². The van der Waals surface area contributed by atoms with E-state index in [9.17, 15) is 18.0 Å². The van der Waals surface area contributed by atoms with Crippen LogP contribution in [0.2, 0.25) is 0 Å². The highest BCUT2D eigenvalue weighted by atomic mass is 32.2. The minimum Gasteiger partial charge on any atom is -0.368 e. The molecule has 0 radical (unpaired) electrons. The fourth-order valence-electron chi connectivity index (χ4n) is 4.64. The van der Waals surface area contributed by atoms with Crippen LogP contribution in [0.15, 0.2) is 57.9 Å². The highest BCUT2D eigenvalue weighted by Gasteiger charge is 2.35. The van der Waals surface area contributed by atoms with Crippen LogP contribution in [0.5, 0.6) is 0 Å². The molecule has 188 valence electrons. The van der Waals surface area contributed by atoms with Crippen molar-refractivity contribution in [2.75, 3.05) is 37.6 Å². The normalized spacial score (nSPS) is 16.6. The first-order valence-corrected chi connectivity index (χ1v) is 13.4. The molecule has 0 saturated carbocycles. The molecule has 3 aromatic rings. The summed E-state index contributed by atoms with van der Waals surface area (Å²) in [4.78, 5) is 29.0. The number of piperazine rings is 1. The van der Waals surface area contributed by atoms with E-state index in [2.05, 4.69) is 10.1 Å². The Kier molecular flexibility index (Phi) is 6.40. The van der Waals surface area contributed by atoms with Crippen LogP contribution < -0.4 is 4.90 Å². The van der Waals surface area contributed by atoms with Crippen molar-refractivity contribution in [3.8, 4) is 0 Å². The number of rotatable bonds is 5. The molecule has 9 nitrogen and oxygen atoms in total. The molecule has 36 heavy (non-hydrogen) atoms. The van der Waals surface area contributed by atoms with Gasteiger partial charge in [-0.15, -0.1) is 0 Å². The summed E-state index contributed by atoms with van der Waals surface area (Å²) >= 11 is 0. The van der Waals surface area contributed by atoms with Crippen molar-refractivity contribution in [2.24, 2.45) is 0 Å². The van der Waals surface area contributed by atoms with Gasteiger partial charge in [-0.1, -0.05) is 22.9 Å². The molecule has 2 aliphatic rings. The number of amides is 1. The Hall–Kier alpha value is -3.50. The first-order chi connectivity index (χ1) is 17.2. The van der Waals surface area contributed by atoms with Gasteiger partial charge in [-0.3, -0.25) is 9.59 Å². The van der Waals surface area contributed by atoms with E-state index in [0.29, 0.717) is 49.5 Å². The average Bonchev–Trinajstić information content (AvgIpc) is 3.32. The van der Waals surface area contributed by atoms with E-state index in [1.54, 1.807) is 36.1 Å². The lowest BCUT2D eigenvalue weighted by molar-refractivity contribution is 0.0734. The Labute approximate surface area is 210 Å². The lowest BCUT2D eigenvalue weighted by atomic mass is 10.1. The number of aryl methyl sites for hydroxylation is 1. The zero-order chi connectivity index (χ0) is 25.4. The molecule has 0 unspecified atom stereocenters. The summed E-state index contributed by atoms with van der Waals surface area (Å²) in [6, 6.07) is 14.2. The first kappa shape index (κ1) is 24.2. The van der Waals surface area contributed by atoms with Gasteiger partial charge in [0, 0.05) is 62.5 Å². The third-order valence-electron chi connectivity index (χ3n) is 6.86. The van der Waals surface area contributed by atoms with E-state index in [0.717, 1.165) is 11.3 Å². The lowest BCUT2D eigenvalue weighted by Crippen LogP contribution is -2.49. The maximum atomic E-state index is 13.3. The molecule has 0 N–H and O–H groups in total. The second-order valence-corrected chi connectivity index (χ2v) is 11.2. The molecule has 1 saturated heterocycles. The summed E-state index contributed by atoms with van der Waals surface area (Å²) in [7, 11) is -3.70. The molecule has 3 heterocycles. The van der Waals surface area contributed by atoms with Gasteiger partial charge in [0.25, 0.3) is 5.91 Å². The van der Waals surface area contributed by atoms with Crippen LogP contribution in [-0.4, -0.2) is 67.2 Å². The second-order valence-electron chi connectivity index (χ2n) is 9.22. The standard InChI is InChI=1S/C26H28N4O5S/c1-18-3-9-22(10-4-18)36(33,34)30-12-11-24-23(17-30)25(27-35-24)26(32)29-15-13-28(14-16-29)21-7-5-20(6-8-21)19(2)31/h3-10H,11-17H2,1-2H3. The van der Waals surface area contributed by atoms with Crippen LogP contribution in [0.4, 0.5) is 5.69 Å². The van der Waals surface area contributed by atoms with Crippen LogP contribution in [0, 0.1) is 6.92 Å². The molecule has 0 bridgehead atoms. The van der Waals surface area contributed by atoms with E-state index in [4.69, 9.17) is 4.52 Å². The van der Waals surface area contributed by atoms with Crippen LogP contribution in [0.25, 0.3) is 0 Å². The number of sulfonamides is 1. The van der Waals surface area contributed by atoms with Gasteiger partial charge >= 0.3 is 0 Å². The summed E-state index contributed by atoms with van der Waals surface area (Å²) in [5, 5.41) is 4.04. The van der Waals surface area contributed by atoms with Crippen LogP contribution in [0.3, 0.4) is 0 Å². The number of benzene rings is 2. The zero-order valence-electron chi connectivity index (χ0n) is 20.3. The van der Waals surface area contributed by atoms with Crippen molar-refractivity contribution < 1.29 is 22.5 Å². The average molecular weight is 509 g/mol. The fraction of sp³-hybridized carbons (Fsp3) is 0.346. The van der Waals surface area contributed by atoms with Crippen LogP contribution >= 0.6 is 0 Å². The highest BCUT2D eigenvalue weighted by molar-refractivity contribution is 7.89. The second kappa shape index (κ2) is 9.51. The Morgan fingerprint density at radius 3 is 2.22 bits per heavy atom. The van der Waals surface area contributed by atoms with Gasteiger partial charge in [-0.2, -0.15) is 4.31 Å². The lowest BCUT2D eigenvalue weighted by Gasteiger charge is -2.36. The minimum absolute atomic E-state index is 0.0261. The van der Waals surface area contributed by atoms with E-state index in [1.807, 2.05) is 31.2 Å². The van der Waals surface area contributed by atoms with Gasteiger partial charge in [0.05, 0.1) is 4.90 Å². The summed E-state index contributed by atoms with van der Waals surface area (Å²) in [6.45, 7) is 6.05. The molecule has 0 atom stereocenters. The Balaban J connectivity index is 1.28. The number of carbonyl (C=O) groups excluding carboxylic acids is 2. The van der Waals surface area contributed by atoms with E-state index in [1.165, 1.54) is 4.31 Å². The van der Waals surface area contributed by atoms with Crippen molar-refractivity contribution >= 4 is 27.4 Å². The first-order valence-electron chi connectivity index (χ1n) is 11.9. The van der Waals surface area contributed by atoms with Crippen molar-refractivity contribution in [2.45, 2.75) is 31.7 Å². The predicted molar refractivity (Wildman–Crippen MR) is 134 cm³/mol. The monoisotopic (exact) mass is 508 g/mol. The van der Waals surface area contributed by atoms with Gasteiger partial charge in [0.1, 0.15) is 5.76 Å². The highest BCUT2D eigenvalue weighted by Crippen LogP contribution is 2.28. The number of Topliss-reactive ketones (excluding diaryl/α,β-unsaturated/α-hetero) is 1. The van der Waals surface area contributed by atoms with Crippen molar-refractivity contribution in [3.63, 3.8) is 0 Å². The van der Waals surface area contributed by atoms with Crippen LogP contribution in [0.1, 0.15) is 44.7 Å². The van der Waals surface area contributed by atoms with Gasteiger partial charge < -0.3 is 14.3 Å². The summed E-state index contributed by atoms with van der Waals surface area (Å²) in [5.41, 5.74) is 3.39. The van der Waals surface area contributed by atoms with Crippen LogP contribution in [-0.2, 0) is 23.0 Å². The molecule has 10 heteroatoms. The third-order valence-corrected chi connectivity index (χ3v) is 8.72. The maximum Gasteiger partial charge on any atom is 0.276 e. The Morgan fingerprint density at radius 2 is 1.58 bits per heavy atom.